The van der Waals surface area contributed by atoms with Crippen molar-refractivity contribution in [3.63, 3.8) is 0 Å². The molecule has 1 unspecified atom stereocenters. The zero-order valence-corrected chi connectivity index (χ0v) is 16.9. The predicted octanol–water partition coefficient (Wildman–Crippen LogP) is 2.02. The number of amides is 1. The Bertz CT molecular complexity index is 500. The Kier molecular flexibility index (Phi) is 9.77. The molecule has 0 aromatic rings. The fraction of sp³-hybridized carbons (Fsp3) is 0.765. The lowest BCUT2D eigenvalue weighted by Crippen LogP contribution is -2.47. The van der Waals surface area contributed by atoms with Crippen LogP contribution in [0.2, 0.25) is 0 Å². The highest BCUT2D eigenvalue weighted by Crippen LogP contribution is 2.17. The molecule has 8 heteroatoms. The van der Waals surface area contributed by atoms with Crippen LogP contribution in [0.5, 0.6) is 0 Å². The molecular weight excluding hydrogens is 346 g/mol. The lowest BCUT2D eigenvalue weighted by Gasteiger charge is -2.31. The first-order chi connectivity index (χ1) is 11.4. The Labute approximate surface area is 153 Å². The Morgan fingerprint density at radius 2 is 1.64 bits per heavy atom. The van der Waals surface area contributed by atoms with Gasteiger partial charge in [0.05, 0.1) is 13.5 Å². The van der Waals surface area contributed by atoms with E-state index in [4.69, 9.17) is 4.74 Å². The number of nitrogens with zero attached hydrogens (tertiary/aromatic N) is 1. The number of carbonyl (C=O) groups excluding carboxylic acids is 4. The van der Waals surface area contributed by atoms with Crippen molar-refractivity contribution >= 4 is 34.7 Å². The highest BCUT2D eigenvalue weighted by molar-refractivity contribution is 8.13. The van der Waals surface area contributed by atoms with Crippen LogP contribution in [0.3, 0.4) is 0 Å². The highest BCUT2D eigenvalue weighted by Gasteiger charge is 2.30. The number of esters is 2. The molecule has 7 nitrogen and oxygen atoms in total. The first-order valence-corrected chi connectivity index (χ1v) is 9.08. The summed E-state index contributed by atoms with van der Waals surface area (Å²) in [7, 11) is 1.27. The van der Waals surface area contributed by atoms with Crippen molar-refractivity contribution in [1.29, 1.82) is 0 Å². The van der Waals surface area contributed by atoms with E-state index in [9.17, 15) is 19.2 Å². The molecular formula is C17H29NO6S. The molecule has 0 N–H and O–H groups in total. The fourth-order valence-corrected chi connectivity index (χ4v) is 2.62. The van der Waals surface area contributed by atoms with Crippen molar-refractivity contribution in [1.82, 2.24) is 4.90 Å². The van der Waals surface area contributed by atoms with E-state index in [0.717, 1.165) is 11.8 Å². The molecule has 0 spiro atoms. The second-order valence-corrected chi connectivity index (χ2v) is 8.08. The second kappa shape index (κ2) is 10.4. The summed E-state index contributed by atoms with van der Waals surface area (Å²) >= 11 is 1.05. The van der Waals surface area contributed by atoms with Gasteiger partial charge in [-0.3, -0.25) is 19.2 Å². The third-order valence-electron chi connectivity index (χ3n) is 3.18. The van der Waals surface area contributed by atoms with Gasteiger partial charge in [-0.15, -0.1) is 0 Å². The molecule has 0 aliphatic rings. The van der Waals surface area contributed by atoms with Gasteiger partial charge in [-0.05, 0) is 27.7 Å². The molecule has 0 aromatic carbocycles. The number of hydrogen-bond donors (Lipinski definition) is 0. The molecule has 0 bridgehead atoms. The quantitative estimate of drug-likeness (QED) is 0.600. The maximum atomic E-state index is 12.7. The van der Waals surface area contributed by atoms with E-state index in [1.54, 1.807) is 34.6 Å². The highest BCUT2D eigenvalue weighted by atomic mass is 32.2. The zero-order valence-electron chi connectivity index (χ0n) is 16.1. The van der Waals surface area contributed by atoms with Gasteiger partial charge < -0.3 is 14.4 Å². The van der Waals surface area contributed by atoms with Crippen molar-refractivity contribution in [3.8, 4) is 0 Å². The summed E-state index contributed by atoms with van der Waals surface area (Å²) in [4.78, 5) is 48.8. The Hall–Kier alpha value is -1.57. The molecule has 0 heterocycles. The minimum Gasteiger partial charge on any atom is -0.469 e. The van der Waals surface area contributed by atoms with Crippen LogP contribution < -0.4 is 0 Å². The minimum atomic E-state index is -0.673. The van der Waals surface area contributed by atoms with Crippen LogP contribution in [-0.2, 0) is 28.7 Å². The standard InChI is InChI=1S/C17H29NO6S/c1-11(10-25-13(3)19)16(22)18(12(2)8-14(20)23-7)9-15(21)24-17(4,5)6/h11-12H,8-10H2,1-7H3/t11?,12-/m1/s1. The summed E-state index contributed by atoms with van der Waals surface area (Å²) in [6, 6.07) is -0.530. The van der Waals surface area contributed by atoms with E-state index in [1.165, 1.54) is 18.9 Å². The van der Waals surface area contributed by atoms with Crippen LogP contribution in [-0.4, -0.2) is 58.9 Å². The Morgan fingerprint density at radius 1 is 1.08 bits per heavy atom. The third-order valence-corrected chi connectivity index (χ3v) is 4.26. The summed E-state index contributed by atoms with van der Waals surface area (Å²) in [6.45, 7) is 9.74. The van der Waals surface area contributed by atoms with Gasteiger partial charge >= 0.3 is 11.9 Å². The molecule has 2 atom stereocenters. The molecule has 0 saturated heterocycles. The molecule has 1 amide bonds. The van der Waals surface area contributed by atoms with Gasteiger partial charge in [0.25, 0.3) is 0 Å². The molecule has 0 saturated carbocycles. The third kappa shape index (κ3) is 10.1. The number of thioether (sulfide) groups is 1. The number of methoxy groups -OCH3 is 1. The van der Waals surface area contributed by atoms with Crippen LogP contribution in [0.1, 0.15) is 48.0 Å². The van der Waals surface area contributed by atoms with E-state index >= 15 is 0 Å². The summed E-state index contributed by atoms with van der Waals surface area (Å²) in [5.41, 5.74) is -0.673. The van der Waals surface area contributed by atoms with Crippen molar-refractivity contribution in [2.75, 3.05) is 19.4 Å². The molecule has 0 aromatic heterocycles. The van der Waals surface area contributed by atoms with Crippen molar-refractivity contribution in [3.05, 3.63) is 0 Å². The van der Waals surface area contributed by atoms with Gasteiger partial charge in [0.1, 0.15) is 12.1 Å². The van der Waals surface area contributed by atoms with E-state index < -0.39 is 29.5 Å². The van der Waals surface area contributed by atoms with E-state index in [-0.39, 0.29) is 24.0 Å². The number of rotatable bonds is 8. The molecule has 0 aliphatic carbocycles. The lowest BCUT2D eigenvalue weighted by molar-refractivity contribution is -0.161. The second-order valence-electron chi connectivity index (χ2n) is 6.89. The first kappa shape index (κ1) is 23.4. The molecule has 0 fully saturated rings. The van der Waals surface area contributed by atoms with Gasteiger partial charge in [0.15, 0.2) is 5.12 Å². The molecule has 144 valence electrons. The smallest absolute Gasteiger partial charge is 0.326 e. The average Bonchev–Trinajstić information content (AvgIpc) is 2.47. The Morgan fingerprint density at radius 3 is 2.08 bits per heavy atom. The van der Waals surface area contributed by atoms with E-state index in [0.29, 0.717) is 5.75 Å². The Balaban J connectivity index is 5.16. The zero-order chi connectivity index (χ0) is 19.8. The monoisotopic (exact) mass is 375 g/mol. The van der Waals surface area contributed by atoms with E-state index in [1.807, 2.05) is 0 Å². The SMILES string of the molecule is COC(=O)C[C@@H](C)N(CC(=O)OC(C)(C)C)C(=O)C(C)CSC(C)=O. The van der Waals surface area contributed by atoms with Gasteiger partial charge in [0, 0.05) is 24.6 Å². The van der Waals surface area contributed by atoms with Crippen LogP contribution in [0.15, 0.2) is 0 Å². The maximum absolute atomic E-state index is 12.7. The van der Waals surface area contributed by atoms with Gasteiger partial charge in [-0.1, -0.05) is 18.7 Å². The molecule has 0 aliphatic heterocycles. The van der Waals surface area contributed by atoms with Gasteiger partial charge in [-0.2, -0.15) is 0 Å². The summed E-state index contributed by atoms with van der Waals surface area (Å²) < 4.78 is 9.90. The van der Waals surface area contributed by atoms with Crippen LogP contribution >= 0.6 is 11.8 Å². The average molecular weight is 375 g/mol. The molecule has 0 rings (SSSR count). The summed E-state index contributed by atoms with van der Waals surface area (Å²) in [5.74, 6) is -1.50. The number of hydrogen-bond acceptors (Lipinski definition) is 7. The lowest BCUT2D eigenvalue weighted by atomic mass is 10.1. The van der Waals surface area contributed by atoms with E-state index in [2.05, 4.69) is 4.74 Å². The van der Waals surface area contributed by atoms with Crippen molar-refractivity contribution in [2.24, 2.45) is 5.92 Å². The normalized spacial score (nSPS) is 13.6. The van der Waals surface area contributed by atoms with Gasteiger partial charge in [0.2, 0.25) is 5.91 Å². The molecule has 0 radical (unpaired) electrons. The summed E-state index contributed by atoms with van der Waals surface area (Å²) in [5, 5.41) is -0.0825. The maximum Gasteiger partial charge on any atom is 0.326 e. The summed E-state index contributed by atoms with van der Waals surface area (Å²) in [6.07, 6.45) is -0.0301. The van der Waals surface area contributed by atoms with Crippen LogP contribution in [0.25, 0.3) is 0 Å². The predicted molar refractivity (Wildman–Crippen MR) is 96.0 cm³/mol. The minimum absolute atomic E-state index is 0.0301. The number of ether oxygens (including phenoxy) is 2. The fourth-order valence-electron chi connectivity index (χ4n) is 2.00. The first-order valence-electron chi connectivity index (χ1n) is 8.09. The van der Waals surface area contributed by atoms with Crippen molar-refractivity contribution in [2.45, 2.75) is 59.6 Å². The molecule has 25 heavy (non-hydrogen) atoms. The topological polar surface area (TPSA) is 90.0 Å². The number of carbonyl (C=O) groups is 4. The van der Waals surface area contributed by atoms with Crippen LogP contribution in [0, 0.1) is 5.92 Å². The van der Waals surface area contributed by atoms with Crippen LogP contribution in [0.4, 0.5) is 0 Å². The van der Waals surface area contributed by atoms with Crippen molar-refractivity contribution < 1.29 is 28.7 Å². The van der Waals surface area contributed by atoms with Gasteiger partial charge in [-0.25, -0.2) is 0 Å². The largest absolute Gasteiger partial charge is 0.469 e.